The lowest BCUT2D eigenvalue weighted by molar-refractivity contribution is 0.289. The number of methoxy groups -OCH3 is 1. The van der Waals surface area contributed by atoms with Crippen LogP contribution in [0, 0.1) is 0 Å². The molecule has 0 saturated heterocycles. The van der Waals surface area contributed by atoms with Crippen molar-refractivity contribution >= 4 is 33.2 Å². The van der Waals surface area contributed by atoms with E-state index in [1.165, 1.54) is 19.2 Å². The van der Waals surface area contributed by atoms with Gasteiger partial charge in [-0.2, -0.15) is 0 Å². The average molecular weight is 314 g/mol. The average Bonchev–Trinajstić information content (AvgIpc) is 2.32. The quantitative estimate of drug-likeness (QED) is 0.783. The number of aliphatic hydroxyl groups is 1. The molecule has 18 heavy (non-hydrogen) atoms. The summed E-state index contributed by atoms with van der Waals surface area (Å²) in [5, 5.41) is 8.87. The summed E-state index contributed by atoms with van der Waals surface area (Å²) in [6.07, 6.45) is 0.322. The van der Waals surface area contributed by atoms with Crippen molar-refractivity contribution in [1.82, 2.24) is 4.72 Å². The van der Waals surface area contributed by atoms with Gasteiger partial charge >= 0.3 is 0 Å². The van der Waals surface area contributed by atoms with E-state index in [0.29, 0.717) is 6.42 Å². The van der Waals surface area contributed by atoms with Crippen molar-refractivity contribution < 1.29 is 18.3 Å². The SMILES string of the molecule is COc1c(S(=O)(=O)NCCCO)ccc(Cl)c1Cl. The van der Waals surface area contributed by atoms with Crippen LogP contribution >= 0.6 is 23.2 Å². The van der Waals surface area contributed by atoms with Gasteiger partial charge in [0.1, 0.15) is 9.92 Å². The van der Waals surface area contributed by atoms with Crippen LogP contribution in [0.5, 0.6) is 5.75 Å². The molecule has 5 nitrogen and oxygen atoms in total. The monoisotopic (exact) mass is 313 g/mol. The highest BCUT2D eigenvalue weighted by molar-refractivity contribution is 7.89. The molecule has 0 aliphatic rings. The number of hydrogen-bond donors (Lipinski definition) is 2. The molecular formula is C10H13Cl2NO4S. The molecule has 0 unspecified atom stereocenters. The molecule has 102 valence electrons. The highest BCUT2D eigenvalue weighted by atomic mass is 35.5. The molecule has 0 bridgehead atoms. The normalized spacial score (nSPS) is 11.6. The second kappa shape index (κ2) is 6.58. The van der Waals surface area contributed by atoms with Crippen LogP contribution in [-0.4, -0.2) is 33.8 Å². The molecule has 1 aromatic rings. The van der Waals surface area contributed by atoms with E-state index >= 15 is 0 Å². The second-order valence-corrected chi connectivity index (χ2v) is 5.89. The van der Waals surface area contributed by atoms with Gasteiger partial charge in [-0.1, -0.05) is 23.2 Å². The maximum Gasteiger partial charge on any atom is 0.244 e. The van der Waals surface area contributed by atoms with Gasteiger partial charge in [-0.15, -0.1) is 0 Å². The first kappa shape index (κ1) is 15.5. The van der Waals surface area contributed by atoms with Gasteiger partial charge in [-0.3, -0.25) is 0 Å². The minimum atomic E-state index is -3.74. The van der Waals surface area contributed by atoms with E-state index in [9.17, 15) is 8.42 Å². The molecule has 0 heterocycles. The van der Waals surface area contributed by atoms with Crippen molar-refractivity contribution in [3.63, 3.8) is 0 Å². The van der Waals surface area contributed by atoms with Crippen LogP contribution in [0.4, 0.5) is 0 Å². The Balaban J connectivity index is 3.12. The van der Waals surface area contributed by atoms with Gasteiger partial charge in [-0.25, -0.2) is 13.1 Å². The minimum absolute atomic E-state index is 0.000616. The molecular weight excluding hydrogens is 301 g/mol. The molecule has 8 heteroatoms. The van der Waals surface area contributed by atoms with Gasteiger partial charge < -0.3 is 9.84 Å². The number of halogens is 2. The number of nitrogens with one attached hydrogen (secondary N) is 1. The van der Waals surface area contributed by atoms with E-state index < -0.39 is 10.0 Å². The molecule has 0 fully saturated rings. The van der Waals surface area contributed by atoms with Gasteiger partial charge in [0, 0.05) is 13.2 Å². The third-order valence-corrected chi connectivity index (χ3v) is 4.41. The summed E-state index contributed by atoms with van der Waals surface area (Å²) < 4.78 is 31.2. The Labute approximate surface area is 116 Å². The van der Waals surface area contributed by atoms with Gasteiger partial charge in [0.2, 0.25) is 10.0 Å². The van der Waals surface area contributed by atoms with Crippen molar-refractivity contribution in [2.75, 3.05) is 20.3 Å². The predicted octanol–water partition coefficient (Wildman–Crippen LogP) is 1.66. The van der Waals surface area contributed by atoms with Crippen LogP contribution in [0.1, 0.15) is 6.42 Å². The fourth-order valence-corrected chi connectivity index (χ4v) is 2.97. The molecule has 0 amide bonds. The second-order valence-electron chi connectivity index (χ2n) is 3.37. The zero-order chi connectivity index (χ0) is 13.8. The van der Waals surface area contributed by atoms with E-state index in [1.807, 2.05) is 0 Å². The van der Waals surface area contributed by atoms with Crippen LogP contribution in [0.3, 0.4) is 0 Å². The number of sulfonamides is 1. The Morgan fingerprint density at radius 1 is 1.39 bits per heavy atom. The maximum absolute atomic E-state index is 12.0. The van der Waals surface area contributed by atoms with Crippen LogP contribution in [-0.2, 0) is 10.0 Å². The highest BCUT2D eigenvalue weighted by Gasteiger charge is 2.22. The number of hydrogen-bond acceptors (Lipinski definition) is 4. The standard InChI is InChI=1S/C10H13Cl2NO4S/c1-17-10-8(4-3-7(11)9(10)12)18(15,16)13-5-2-6-14/h3-4,13-14H,2,5-6H2,1H3. The number of aliphatic hydroxyl groups excluding tert-OH is 1. The Kier molecular flexibility index (Phi) is 5.68. The van der Waals surface area contributed by atoms with E-state index in [2.05, 4.69) is 4.72 Å². The third-order valence-electron chi connectivity index (χ3n) is 2.13. The zero-order valence-electron chi connectivity index (χ0n) is 9.61. The predicted molar refractivity (Wildman–Crippen MR) is 69.9 cm³/mol. The summed E-state index contributed by atoms with van der Waals surface area (Å²) in [6.45, 7) is 0.0310. The summed E-state index contributed by atoms with van der Waals surface area (Å²) >= 11 is 11.7. The topological polar surface area (TPSA) is 75.6 Å². The molecule has 1 rings (SSSR count). The van der Waals surface area contributed by atoms with E-state index in [-0.39, 0.29) is 33.8 Å². The minimum Gasteiger partial charge on any atom is -0.494 e. The summed E-state index contributed by atoms with van der Waals surface area (Å²) in [4.78, 5) is -0.0858. The van der Waals surface area contributed by atoms with Crippen molar-refractivity contribution in [2.24, 2.45) is 0 Å². The molecule has 1 aromatic carbocycles. The lowest BCUT2D eigenvalue weighted by Gasteiger charge is -2.12. The molecule has 0 aliphatic heterocycles. The Morgan fingerprint density at radius 3 is 2.61 bits per heavy atom. The van der Waals surface area contributed by atoms with Crippen LogP contribution in [0.2, 0.25) is 10.0 Å². The highest BCUT2D eigenvalue weighted by Crippen LogP contribution is 2.37. The van der Waals surface area contributed by atoms with Crippen molar-refractivity contribution in [2.45, 2.75) is 11.3 Å². The first-order valence-electron chi connectivity index (χ1n) is 5.06. The fraction of sp³-hybridized carbons (Fsp3) is 0.400. The number of ether oxygens (including phenoxy) is 1. The maximum atomic E-state index is 12.0. The van der Waals surface area contributed by atoms with Crippen molar-refractivity contribution in [3.8, 4) is 5.75 Å². The molecule has 0 atom stereocenters. The van der Waals surface area contributed by atoms with Crippen LogP contribution < -0.4 is 9.46 Å². The lowest BCUT2D eigenvalue weighted by Crippen LogP contribution is -2.25. The van der Waals surface area contributed by atoms with Crippen LogP contribution in [0.15, 0.2) is 17.0 Å². The molecule has 0 radical (unpaired) electrons. The Hall–Kier alpha value is -0.530. The lowest BCUT2D eigenvalue weighted by atomic mass is 10.3. The van der Waals surface area contributed by atoms with Gasteiger partial charge in [0.25, 0.3) is 0 Å². The molecule has 2 N–H and O–H groups in total. The number of rotatable bonds is 6. The largest absolute Gasteiger partial charge is 0.494 e. The van der Waals surface area contributed by atoms with E-state index in [4.69, 9.17) is 33.0 Å². The van der Waals surface area contributed by atoms with Crippen LogP contribution in [0.25, 0.3) is 0 Å². The van der Waals surface area contributed by atoms with Gasteiger partial charge in [0.05, 0.1) is 12.1 Å². The first-order chi connectivity index (χ1) is 8.44. The summed E-state index contributed by atoms with van der Waals surface area (Å²) in [5.74, 6) is 0.000616. The van der Waals surface area contributed by atoms with E-state index in [0.717, 1.165) is 0 Å². The van der Waals surface area contributed by atoms with Crippen molar-refractivity contribution in [1.29, 1.82) is 0 Å². The molecule has 0 saturated carbocycles. The summed E-state index contributed by atoms with van der Waals surface area (Å²) in [5.41, 5.74) is 0. The van der Waals surface area contributed by atoms with Gasteiger partial charge in [-0.05, 0) is 18.6 Å². The third kappa shape index (κ3) is 3.49. The van der Waals surface area contributed by atoms with Crippen molar-refractivity contribution in [3.05, 3.63) is 22.2 Å². The number of benzene rings is 1. The molecule has 0 spiro atoms. The van der Waals surface area contributed by atoms with E-state index in [1.54, 1.807) is 0 Å². The Bertz CT molecular complexity index is 519. The first-order valence-corrected chi connectivity index (χ1v) is 7.30. The zero-order valence-corrected chi connectivity index (χ0v) is 11.9. The smallest absolute Gasteiger partial charge is 0.244 e. The Morgan fingerprint density at radius 2 is 2.06 bits per heavy atom. The molecule has 0 aliphatic carbocycles. The fourth-order valence-electron chi connectivity index (χ4n) is 1.28. The summed E-state index contributed by atoms with van der Waals surface area (Å²) in [6, 6.07) is 2.70. The van der Waals surface area contributed by atoms with Gasteiger partial charge in [0.15, 0.2) is 5.75 Å². The summed E-state index contributed by atoms with van der Waals surface area (Å²) in [7, 11) is -2.43. The molecule has 0 aromatic heterocycles.